The fraction of sp³-hybridized carbons (Fsp3) is 0.650. The van der Waals surface area contributed by atoms with Crippen molar-refractivity contribution in [3.05, 3.63) is 29.8 Å². The molecule has 0 saturated carbocycles. The fourth-order valence-electron chi connectivity index (χ4n) is 3.40. The van der Waals surface area contributed by atoms with Crippen LogP contribution in [0.3, 0.4) is 0 Å². The van der Waals surface area contributed by atoms with Crippen molar-refractivity contribution in [2.24, 2.45) is 10.9 Å². The lowest BCUT2D eigenvalue weighted by molar-refractivity contribution is -0.0498. The molecule has 0 aliphatic carbocycles. The van der Waals surface area contributed by atoms with E-state index in [1.54, 1.807) is 31.3 Å². The van der Waals surface area contributed by atoms with Crippen molar-refractivity contribution in [1.82, 2.24) is 15.1 Å². The molecule has 9 heteroatoms. The fourth-order valence-corrected chi connectivity index (χ4v) is 3.40. The van der Waals surface area contributed by atoms with Crippen molar-refractivity contribution in [3.63, 3.8) is 0 Å². The highest BCUT2D eigenvalue weighted by Gasteiger charge is 2.24. The standard InChI is InChI=1S/C20H32F2N4O2.HI/c1-15(2)18(26-9-11-27-12-10-26)13-24-20(23-3)25(4)14-16-5-7-17(8-6-16)28-19(21)22;/h5-8,15,18-19H,9-14H2,1-4H3,(H,23,24);1H. The maximum atomic E-state index is 12.3. The largest absolute Gasteiger partial charge is 0.435 e. The predicted molar refractivity (Wildman–Crippen MR) is 122 cm³/mol. The summed E-state index contributed by atoms with van der Waals surface area (Å²) in [5, 5.41) is 3.48. The van der Waals surface area contributed by atoms with Gasteiger partial charge in [0, 0.05) is 46.3 Å². The smallest absolute Gasteiger partial charge is 0.387 e. The number of aliphatic imine (C=N–C) groups is 1. The molecule has 1 heterocycles. The molecule has 1 aromatic carbocycles. The molecule has 1 aliphatic rings. The van der Waals surface area contributed by atoms with Gasteiger partial charge in [0.2, 0.25) is 0 Å². The molecule has 0 amide bonds. The highest BCUT2D eigenvalue weighted by atomic mass is 127. The molecular formula is C20H33F2IN4O2. The molecule has 2 rings (SSSR count). The van der Waals surface area contributed by atoms with Crippen LogP contribution in [-0.4, -0.2) is 75.4 Å². The summed E-state index contributed by atoms with van der Waals surface area (Å²) in [6, 6.07) is 7.08. The number of alkyl halides is 2. The van der Waals surface area contributed by atoms with Crippen molar-refractivity contribution < 1.29 is 18.3 Å². The van der Waals surface area contributed by atoms with Crippen LogP contribution >= 0.6 is 24.0 Å². The Kier molecular flexibility index (Phi) is 11.7. The third-order valence-electron chi connectivity index (χ3n) is 4.90. The van der Waals surface area contributed by atoms with E-state index in [0.29, 0.717) is 18.5 Å². The number of hydrogen-bond acceptors (Lipinski definition) is 4. The van der Waals surface area contributed by atoms with Gasteiger partial charge in [0.05, 0.1) is 13.2 Å². The van der Waals surface area contributed by atoms with Crippen LogP contribution in [0.1, 0.15) is 19.4 Å². The molecule has 6 nitrogen and oxygen atoms in total. The van der Waals surface area contributed by atoms with E-state index in [1.165, 1.54) is 0 Å². The highest BCUT2D eigenvalue weighted by molar-refractivity contribution is 14.0. The Hall–Kier alpha value is -1.20. The minimum absolute atomic E-state index is 0. The normalized spacial score (nSPS) is 16.5. The number of nitrogens with one attached hydrogen (secondary N) is 1. The van der Waals surface area contributed by atoms with E-state index in [0.717, 1.165) is 44.4 Å². The summed E-state index contributed by atoms with van der Waals surface area (Å²) in [4.78, 5) is 8.86. The molecule has 1 unspecified atom stereocenters. The molecule has 0 aromatic heterocycles. The number of guanidine groups is 1. The zero-order chi connectivity index (χ0) is 20.5. The first kappa shape index (κ1) is 25.8. The van der Waals surface area contributed by atoms with Crippen LogP contribution in [0.25, 0.3) is 0 Å². The summed E-state index contributed by atoms with van der Waals surface area (Å²) in [5.41, 5.74) is 0.987. The van der Waals surface area contributed by atoms with Crippen molar-refractivity contribution in [2.75, 3.05) is 46.9 Å². The van der Waals surface area contributed by atoms with E-state index in [1.807, 2.05) is 11.9 Å². The van der Waals surface area contributed by atoms with Crippen molar-refractivity contribution in [3.8, 4) is 5.75 Å². The summed E-state index contributed by atoms with van der Waals surface area (Å²) in [6.07, 6.45) is 0. The first-order valence-corrected chi connectivity index (χ1v) is 9.68. The molecule has 29 heavy (non-hydrogen) atoms. The molecule has 1 atom stereocenters. The lowest BCUT2D eigenvalue weighted by Gasteiger charge is -2.37. The van der Waals surface area contributed by atoms with Crippen LogP contribution in [-0.2, 0) is 11.3 Å². The van der Waals surface area contributed by atoms with Gasteiger partial charge in [-0.2, -0.15) is 8.78 Å². The number of halogens is 3. The Bertz CT molecular complexity index is 611. The van der Waals surface area contributed by atoms with Gasteiger partial charge in [-0.05, 0) is 23.6 Å². The van der Waals surface area contributed by atoms with E-state index < -0.39 is 6.61 Å². The SMILES string of the molecule is CN=C(NCC(C(C)C)N1CCOCC1)N(C)Cc1ccc(OC(F)F)cc1.I. The number of ether oxygens (including phenoxy) is 2. The highest BCUT2D eigenvalue weighted by Crippen LogP contribution is 2.16. The lowest BCUT2D eigenvalue weighted by atomic mass is 10.0. The minimum atomic E-state index is -2.81. The van der Waals surface area contributed by atoms with Gasteiger partial charge >= 0.3 is 6.61 Å². The van der Waals surface area contributed by atoms with Gasteiger partial charge in [-0.15, -0.1) is 24.0 Å². The monoisotopic (exact) mass is 526 g/mol. The topological polar surface area (TPSA) is 49.3 Å². The van der Waals surface area contributed by atoms with Gasteiger partial charge < -0.3 is 19.7 Å². The van der Waals surface area contributed by atoms with Crippen LogP contribution in [0.4, 0.5) is 8.78 Å². The second kappa shape index (κ2) is 13.2. The Labute approximate surface area is 189 Å². The third kappa shape index (κ3) is 8.59. The molecule has 1 N–H and O–H groups in total. The van der Waals surface area contributed by atoms with Gasteiger partial charge in [0.25, 0.3) is 0 Å². The predicted octanol–water partition coefficient (Wildman–Crippen LogP) is 3.27. The Morgan fingerprint density at radius 1 is 1.24 bits per heavy atom. The summed E-state index contributed by atoms with van der Waals surface area (Å²) in [6.45, 7) is 6.53. The first-order valence-electron chi connectivity index (χ1n) is 9.68. The number of hydrogen-bond donors (Lipinski definition) is 1. The number of benzene rings is 1. The molecule has 1 saturated heterocycles. The van der Waals surface area contributed by atoms with E-state index in [-0.39, 0.29) is 29.7 Å². The second-order valence-electron chi connectivity index (χ2n) is 7.27. The number of morpholine rings is 1. The van der Waals surface area contributed by atoms with Crippen molar-refractivity contribution >= 4 is 29.9 Å². The van der Waals surface area contributed by atoms with Gasteiger partial charge in [-0.3, -0.25) is 9.89 Å². The van der Waals surface area contributed by atoms with E-state index >= 15 is 0 Å². The third-order valence-corrected chi connectivity index (χ3v) is 4.90. The zero-order valence-corrected chi connectivity index (χ0v) is 19.9. The van der Waals surface area contributed by atoms with Gasteiger partial charge in [0.1, 0.15) is 5.75 Å². The Morgan fingerprint density at radius 3 is 2.38 bits per heavy atom. The van der Waals surface area contributed by atoms with E-state index in [4.69, 9.17) is 4.74 Å². The summed E-state index contributed by atoms with van der Waals surface area (Å²) >= 11 is 0. The van der Waals surface area contributed by atoms with E-state index in [9.17, 15) is 8.78 Å². The quantitative estimate of drug-likeness (QED) is 0.320. The Morgan fingerprint density at radius 2 is 1.86 bits per heavy atom. The number of rotatable bonds is 8. The van der Waals surface area contributed by atoms with Crippen molar-refractivity contribution in [2.45, 2.75) is 33.0 Å². The average molecular weight is 526 g/mol. The average Bonchev–Trinajstić information content (AvgIpc) is 2.66. The molecule has 0 bridgehead atoms. The van der Waals surface area contributed by atoms with Gasteiger partial charge in [-0.25, -0.2) is 0 Å². The molecular weight excluding hydrogens is 493 g/mol. The van der Waals surface area contributed by atoms with E-state index in [2.05, 4.69) is 33.8 Å². The van der Waals surface area contributed by atoms with Crippen LogP contribution in [0, 0.1) is 5.92 Å². The molecule has 1 fully saturated rings. The van der Waals surface area contributed by atoms with Crippen LogP contribution in [0.2, 0.25) is 0 Å². The maximum absolute atomic E-state index is 12.3. The molecule has 1 aliphatic heterocycles. The Balaban J connectivity index is 0.00000420. The number of nitrogens with zero attached hydrogens (tertiary/aromatic N) is 3. The van der Waals surface area contributed by atoms with Gasteiger partial charge in [0.15, 0.2) is 5.96 Å². The lowest BCUT2D eigenvalue weighted by Crippen LogP contribution is -2.52. The molecule has 0 radical (unpaired) electrons. The molecule has 1 aromatic rings. The zero-order valence-electron chi connectivity index (χ0n) is 17.6. The van der Waals surface area contributed by atoms with Crippen LogP contribution < -0.4 is 10.1 Å². The first-order chi connectivity index (χ1) is 13.4. The minimum Gasteiger partial charge on any atom is -0.435 e. The summed E-state index contributed by atoms with van der Waals surface area (Å²) in [7, 11) is 3.72. The molecule has 166 valence electrons. The van der Waals surface area contributed by atoms with Crippen LogP contribution in [0.5, 0.6) is 5.75 Å². The second-order valence-corrected chi connectivity index (χ2v) is 7.27. The van der Waals surface area contributed by atoms with Crippen molar-refractivity contribution in [1.29, 1.82) is 0 Å². The summed E-state index contributed by atoms with van der Waals surface area (Å²) < 4.78 is 34.4. The van der Waals surface area contributed by atoms with Gasteiger partial charge in [-0.1, -0.05) is 26.0 Å². The maximum Gasteiger partial charge on any atom is 0.387 e. The summed E-state index contributed by atoms with van der Waals surface area (Å²) in [5.74, 6) is 1.47. The van der Waals surface area contributed by atoms with Crippen LogP contribution in [0.15, 0.2) is 29.3 Å². The molecule has 0 spiro atoms.